The maximum absolute atomic E-state index is 6.12. The second-order valence-electron chi connectivity index (χ2n) is 6.91. The first-order valence-electron chi connectivity index (χ1n) is 9.08. The maximum atomic E-state index is 6.12. The van der Waals surface area contributed by atoms with E-state index in [0.717, 1.165) is 24.5 Å². The van der Waals surface area contributed by atoms with Crippen molar-refractivity contribution in [3.05, 3.63) is 54.0 Å². The van der Waals surface area contributed by atoms with Crippen molar-refractivity contribution in [3.63, 3.8) is 0 Å². The molecule has 0 bridgehead atoms. The molecule has 1 unspecified atom stereocenters. The molecule has 2 heterocycles. The zero-order chi connectivity index (χ0) is 17.6. The summed E-state index contributed by atoms with van der Waals surface area (Å²) in [5, 5.41) is 3.21. The van der Waals surface area contributed by atoms with Gasteiger partial charge in [-0.25, -0.2) is 0 Å². The van der Waals surface area contributed by atoms with Crippen LogP contribution >= 0.6 is 24.0 Å². The Hall–Kier alpha value is -1.54. The average Bonchev–Trinajstić information content (AvgIpc) is 3.29. The highest BCUT2D eigenvalue weighted by Gasteiger charge is 2.25. The molecule has 0 spiro atoms. The second kappa shape index (κ2) is 9.97. The predicted molar refractivity (Wildman–Crippen MR) is 118 cm³/mol. The van der Waals surface area contributed by atoms with Gasteiger partial charge in [-0.1, -0.05) is 26.0 Å². The lowest BCUT2D eigenvalue weighted by atomic mass is 10.0. The number of halogens is 1. The molecule has 3 rings (SSSR count). The van der Waals surface area contributed by atoms with Gasteiger partial charge in [0.1, 0.15) is 5.76 Å². The van der Waals surface area contributed by atoms with Crippen LogP contribution in [0.2, 0.25) is 0 Å². The molecule has 26 heavy (non-hydrogen) atoms. The van der Waals surface area contributed by atoms with E-state index in [-0.39, 0.29) is 30.0 Å². The third kappa shape index (κ3) is 5.48. The van der Waals surface area contributed by atoms with Crippen LogP contribution in [0.15, 0.2) is 52.1 Å². The molecule has 1 saturated heterocycles. The monoisotopic (exact) mass is 468 g/mol. The molecule has 1 aromatic heterocycles. The molecule has 1 aliphatic rings. The molecule has 6 heteroatoms. The van der Waals surface area contributed by atoms with Crippen LogP contribution in [0.25, 0.3) is 0 Å². The first kappa shape index (κ1) is 20.8. The number of anilines is 1. The quantitative estimate of drug-likeness (QED) is 0.370. The molecule has 0 saturated carbocycles. The van der Waals surface area contributed by atoms with Crippen molar-refractivity contribution >= 4 is 35.6 Å². The maximum Gasteiger partial charge on any atom is 0.193 e. The molecular formula is C20H29IN4O. The van der Waals surface area contributed by atoms with Crippen molar-refractivity contribution in [3.8, 4) is 0 Å². The third-order valence-corrected chi connectivity index (χ3v) is 4.71. The Labute approximate surface area is 173 Å². The number of guanidine groups is 1. The minimum atomic E-state index is 0. The fraction of sp³-hybridized carbons (Fsp3) is 0.450. The fourth-order valence-corrected chi connectivity index (χ4v) is 3.27. The summed E-state index contributed by atoms with van der Waals surface area (Å²) in [7, 11) is 0. The molecular weight excluding hydrogens is 439 g/mol. The van der Waals surface area contributed by atoms with Crippen molar-refractivity contribution < 1.29 is 4.42 Å². The van der Waals surface area contributed by atoms with Gasteiger partial charge in [-0.2, -0.15) is 0 Å². The Bertz CT molecular complexity index is 694. The van der Waals surface area contributed by atoms with Crippen LogP contribution in [0.4, 0.5) is 5.69 Å². The zero-order valence-electron chi connectivity index (χ0n) is 15.5. The molecule has 0 amide bonds. The first-order chi connectivity index (χ1) is 12.1. The molecule has 2 aromatic rings. The largest absolute Gasteiger partial charge is 0.468 e. The Morgan fingerprint density at radius 3 is 2.65 bits per heavy atom. The topological polar surface area (TPSA) is 66.8 Å². The van der Waals surface area contributed by atoms with E-state index < -0.39 is 0 Å². The Balaban J connectivity index is 0.00000243. The highest BCUT2D eigenvalue weighted by molar-refractivity contribution is 14.0. The first-order valence-corrected chi connectivity index (χ1v) is 9.08. The number of hydrogen-bond acceptors (Lipinski definition) is 3. The summed E-state index contributed by atoms with van der Waals surface area (Å²) in [6.07, 6.45) is 4.19. The van der Waals surface area contributed by atoms with Crippen LogP contribution in [-0.2, 0) is 0 Å². The van der Waals surface area contributed by atoms with Gasteiger partial charge in [0.15, 0.2) is 5.96 Å². The predicted octanol–water partition coefficient (Wildman–Crippen LogP) is 4.58. The van der Waals surface area contributed by atoms with Gasteiger partial charge in [0.2, 0.25) is 0 Å². The van der Waals surface area contributed by atoms with E-state index >= 15 is 0 Å². The van der Waals surface area contributed by atoms with Crippen LogP contribution in [0.3, 0.4) is 0 Å². The summed E-state index contributed by atoms with van der Waals surface area (Å²) in [5.41, 5.74) is 8.38. The summed E-state index contributed by atoms with van der Waals surface area (Å²) in [5.74, 6) is 1.88. The number of rotatable bonds is 6. The number of aliphatic imine (C=N–C) groups is 1. The van der Waals surface area contributed by atoms with E-state index in [1.165, 1.54) is 18.4 Å². The lowest BCUT2D eigenvalue weighted by Gasteiger charge is -2.24. The van der Waals surface area contributed by atoms with Crippen molar-refractivity contribution in [1.82, 2.24) is 4.90 Å². The SMILES string of the molecule is CC(C)c1cccc(NC(N)=NCC(c2ccco2)N2CCCC2)c1.I. The molecule has 1 aliphatic heterocycles. The summed E-state index contributed by atoms with van der Waals surface area (Å²) >= 11 is 0. The third-order valence-electron chi connectivity index (χ3n) is 4.71. The molecule has 1 atom stereocenters. The number of nitrogens with two attached hydrogens (primary N) is 1. The van der Waals surface area contributed by atoms with Crippen LogP contribution in [0.5, 0.6) is 0 Å². The van der Waals surface area contributed by atoms with Crippen molar-refractivity contribution in [2.75, 3.05) is 25.0 Å². The van der Waals surface area contributed by atoms with E-state index in [2.05, 4.69) is 41.2 Å². The lowest BCUT2D eigenvalue weighted by molar-refractivity contribution is 0.221. The summed E-state index contributed by atoms with van der Waals surface area (Å²) in [6.45, 7) is 7.13. The van der Waals surface area contributed by atoms with Crippen molar-refractivity contribution in [1.29, 1.82) is 0 Å². The number of nitrogens with zero attached hydrogens (tertiary/aromatic N) is 2. The normalized spacial score (nSPS) is 16.5. The average molecular weight is 468 g/mol. The zero-order valence-corrected chi connectivity index (χ0v) is 17.9. The van der Waals surface area contributed by atoms with Gasteiger partial charge in [-0.05, 0) is 61.7 Å². The minimum Gasteiger partial charge on any atom is -0.468 e. The number of likely N-dealkylation sites (tertiary alicyclic amines) is 1. The van der Waals surface area contributed by atoms with Crippen LogP contribution in [0.1, 0.15) is 50.0 Å². The Morgan fingerprint density at radius 1 is 1.23 bits per heavy atom. The van der Waals surface area contributed by atoms with Crippen molar-refractivity contribution in [2.24, 2.45) is 10.7 Å². The van der Waals surface area contributed by atoms with Gasteiger partial charge >= 0.3 is 0 Å². The smallest absolute Gasteiger partial charge is 0.193 e. The van der Waals surface area contributed by atoms with Gasteiger partial charge in [0.05, 0.1) is 18.8 Å². The second-order valence-corrected chi connectivity index (χ2v) is 6.91. The van der Waals surface area contributed by atoms with E-state index in [1.807, 2.05) is 24.3 Å². The minimum absolute atomic E-state index is 0. The standard InChI is InChI=1S/C20H28N4O.HI/c1-15(2)16-7-5-8-17(13-16)23-20(21)22-14-18(19-9-6-12-25-19)24-10-3-4-11-24;/h5-9,12-13,15,18H,3-4,10-11,14H2,1-2H3,(H3,21,22,23);1H. The number of benzene rings is 1. The van der Waals surface area contributed by atoms with E-state index in [9.17, 15) is 0 Å². The fourth-order valence-electron chi connectivity index (χ4n) is 3.27. The Kier molecular flexibility index (Phi) is 7.96. The van der Waals surface area contributed by atoms with Crippen molar-refractivity contribution in [2.45, 2.75) is 38.6 Å². The summed E-state index contributed by atoms with van der Waals surface area (Å²) < 4.78 is 5.63. The number of hydrogen-bond donors (Lipinski definition) is 2. The lowest BCUT2D eigenvalue weighted by Crippen LogP contribution is -2.30. The molecule has 1 fully saturated rings. The highest BCUT2D eigenvalue weighted by atomic mass is 127. The van der Waals surface area contributed by atoms with Gasteiger partial charge in [0, 0.05) is 5.69 Å². The van der Waals surface area contributed by atoms with Gasteiger partial charge in [-0.15, -0.1) is 24.0 Å². The number of furan rings is 1. The molecule has 3 N–H and O–H groups in total. The van der Waals surface area contributed by atoms with Crippen LogP contribution in [0, 0.1) is 0 Å². The van der Waals surface area contributed by atoms with E-state index in [4.69, 9.17) is 10.2 Å². The molecule has 1 aromatic carbocycles. The summed E-state index contributed by atoms with van der Waals surface area (Å²) in [4.78, 5) is 7.00. The summed E-state index contributed by atoms with van der Waals surface area (Å²) in [6, 6.07) is 12.4. The molecule has 0 radical (unpaired) electrons. The van der Waals surface area contributed by atoms with Crippen LogP contribution < -0.4 is 11.1 Å². The van der Waals surface area contributed by atoms with E-state index in [1.54, 1.807) is 6.26 Å². The van der Waals surface area contributed by atoms with Gasteiger partial charge in [-0.3, -0.25) is 9.89 Å². The van der Waals surface area contributed by atoms with E-state index in [0.29, 0.717) is 18.4 Å². The number of nitrogens with one attached hydrogen (secondary N) is 1. The Morgan fingerprint density at radius 2 is 2.00 bits per heavy atom. The highest BCUT2D eigenvalue weighted by Crippen LogP contribution is 2.26. The molecule has 5 nitrogen and oxygen atoms in total. The van der Waals surface area contributed by atoms with Gasteiger partial charge < -0.3 is 15.5 Å². The molecule has 0 aliphatic carbocycles. The van der Waals surface area contributed by atoms with Gasteiger partial charge in [0.25, 0.3) is 0 Å². The molecule has 142 valence electrons. The van der Waals surface area contributed by atoms with Crippen LogP contribution in [-0.4, -0.2) is 30.5 Å².